The van der Waals surface area contributed by atoms with Crippen LogP contribution in [0.5, 0.6) is 5.75 Å². The van der Waals surface area contributed by atoms with Gasteiger partial charge in [-0.05, 0) is 25.1 Å². The molecule has 1 aliphatic heterocycles. The van der Waals surface area contributed by atoms with Crippen molar-refractivity contribution in [2.75, 3.05) is 11.9 Å². The number of aliphatic hydroxyl groups excluding tert-OH is 1. The highest BCUT2D eigenvalue weighted by atomic mass is 32.2. The molecule has 2 heterocycles. The van der Waals surface area contributed by atoms with E-state index in [0.29, 0.717) is 0 Å². The molecule has 152 valence electrons. The maximum atomic E-state index is 13.5. The first-order valence-corrected chi connectivity index (χ1v) is 9.68. The molecule has 1 amide bonds. The van der Waals surface area contributed by atoms with Crippen molar-refractivity contribution in [1.29, 1.82) is 5.26 Å². The topological polar surface area (TPSA) is 116 Å². The number of hydrogen-bond donors (Lipinski definition) is 3. The molecule has 1 aromatic heterocycles. The van der Waals surface area contributed by atoms with Crippen molar-refractivity contribution in [3.8, 4) is 11.8 Å². The highest BCUT2D eigenvalue weighted by Crippen LogP contribution is 2.33. The van der Waals surface area contributed by atoms with Gasteiger partial charge in [0.05, 0.1) is 17.2 Å². The van der Waals surface area contributed by atoms with Gasteiger partial charge in [-0.2, -0.15) is 5.26 Å². The van der Waals surface area contributed by atoms with Gasteiger partial charge in [-0.25, -0.2) is 13.3 Å². The zero-order valence-corrected chi connectivity index (χ0v) is 16.5. The minimum absolute atomic E-state index is 0.0711. The van der Waals surface area contributed by atoms with Crippen molar-refractivity contribution in [2.45, 2.75) is 23.5 Å². The molecule has 1 aromatic carbocycles. The van der Waals surface area contributed by atoms with Crippen LogP contribution in [-0.4, -0.2) is 38.0 Å². The summed E-state index contributed by atoms with van der Waals surface area (Å²) in [6, 6.07) is 5.33. The number of aryl methyl sites for hydroxylation is 1. The number of amides is 1. The lowest BCUT2D eigenvalue weighted by Gasteiger charge is -2.30. The standard InChI is InChI=1S/C19H19FN4O4S/c1-4-15(25)19(2)10-28-17-14(29(27)23-19)9-24(3)16(17)18(26)22-12-5-6-13(20)11(7-12)8-21/h4-7,9,15,23,25H,1,10H2,2-3H3,(H,22,26). The molecule has 29 heavy (non-hydrogen) atoms. The predicted octanol–water partition coefficient (Wildman–Crippen LogP) is 1.60. The molecule has 0 aliphatic carbocycles. The van der Waals surface area contributed by atoms with Crippen LogP contribution < -0.4 is 14.8 Å². The third-order valence-corrected chi connectivity index (χ3v) is 5.92. The summed E-state index contributed by atoms with van der Waals surface area (Å²) < 4.78 is 36.3. The minimum Gasteiger partial charge on any atom is -0.488 e. The largest absolute Gasteiger partial charge is 0.488 e. The number of fused-ring (bicyclic) bond motifs is 1. The van der Waals surface area contributed by atoms with E-state index in [1.807, 2.05) is 0 Å². The Morgan fingerprint density at radius 3 is 3.00 bits per heavy atom. The van der Waals surface area contributed by atoms with E-state index in [1.165, 1.54) is 29.0 Å². The number of halogens is 1. The van der Waals surface area contributed by atoms with E-state index in [9.17, 15) is 18.5 Å². The Balaban J connectivity index is 1.94. The van der Waals surface area contributed by atoms with Crippen LogP contribution in [0.2, 0.25) is 0 Å². The molecule has 8 nitrogen and oxygen atoms in total. The molecule has 0 spiro atoms. The molecule has 3 unspecified atom stereocenters. The van der Waals surface area contributed by atoms with E-state index in [2.05, 4.69) is 16.6 Å². The van der Waals surface area contributed by atoms with E-state index >= 15 is 0 Å². The van der Waals surface area contributed by atoms with Gasteiger partial charge in [0.2, 0.25) is 0 Å². The second-order valence-corrected chi connectivity index (χ2v) is 7.98. The van der Waals surface area contributed by atoms with Crippen LogP contribution in [0.15, 0.2) is 41.9 Å². The van der Waals surface area contributed by atoms with Gasteiger partial charge in [0.1, 0.15) is 34.4 Å². The molecule has 0 radical (unpaired) electrons. The van der Waals surface area contributed by atoms with E-state index in [1.54, 1.807) is 20.0 Å². The molecule has 10 heteroatoms. The Kier molecular flexibility index (Phi) is 5.57. The van der Waals surface area contributed by atoms with E-state index in [-0.39, 0.29) is 34.2 Å². The lowest BCUT2D eigenvalue weighted by molar-refractivity contribution is 0.0850. The maximum absolute atomic E-state index is 13.5. The zero-order chi connectivity index (χ0) is 21.3. The summed E-state index contributed by atoms with van der Waals surface area (Å²) in [5, 5.41) is 21.7. The number of nitrogens with zero attached hydrogens (tertiary/aromatic N) is 2. The number of benzene rings is 1. The van der Waals surface area contributed by atoms with Gasteiger partial charge >= 0.3 is 0 Å². The van der Waals surface area contributed by atoms with Crippen LogP contribution >= 0.6 is 0 Å². The number of aliphatic hydroxyl groups is 1. The smallest absolute Gasteiger partial charge is 0.276 e. The van der Waals surface area contributed by atoms with Crippen molar-refractivity contribution >= 4 is 22.6 Å². The Hall–Kier alpha value is -3.00. The summed E-state index contributed by atoms with van der Waals surface area (Å²) >= 11 is 0. The zero-order valence-electron chi connectivity index (χ0n) is 15.7. The van der Waals surface area contributed by atoms with E-state index in [4.69, 9.17) is 10.00 Å². The molecule has 2 aromatic rings. The van der Waals surface area contributed by atoms with Gasteiger partial charge in [0, 0.05) is 18.9 Å². The number of anilines is 1. The molecule has 3 rings (SSSR count). The van der Waals surface area contributed by atoms with Gasteiger partial charge in [0.15, 0.2) is 11.4 Å². The first kappa shape index (κ1) is 20.7. The summed E-state index contributed by atoms with van der Waals surface area (Å²) in [6.07, 6.45) is 1.76. The second kappa shape index (κ2) is 7.79. The fourth-order valence-corrected chi connectivity index (χ4v) is 4.20. The normalized spacial score (nSPS) is 21.8. The molecule has 0 saturated heterocycles. The monoisotopic (exact) mass is 418 g/mol. The lowest BCUT2D eigenvalue weighted by Crippen LogP contribution is -2.55. The number of aromatic nitrogens is 1. The first-order chi connectivity index (χ1) is 13.7. The minimum atomic E-state index is -1.76. The van der Waals surface area contributed by atoms with Gasteiger partial charge < -0.3 is 19.7 Å². The summed E-state index contributed by atoms with van der Waals surface area (Å²) in [5.41, 5.74) is -0.967. The van der Waals surface area contributed by atoms with E-state index < -0.39 is 34.4 Å². The number of carbonyl (C=O) groups is 1. The average Bonchev–Trinajstić information content (AvgIpc) is 2.97. The van der Waals surface area contributed by atoms with Crippen molar-refractivity contribution < 1.29 is 23.2 Å². The lowest BCUT2D eigenvalue weighted by atomic mass is 9.97. The number of nitriles is 1. The van der Waals surface area contributed by atoms with Crippen LogP contribution in [0.4, 0.5) is 10.1 Å². The van der Waals surface area contributed by atoms with Crippen LogP contribution in [0, 0.1) is 17.1 Å². The SMILES string of the molecule is C=CC(O)C1(C)COc2c(cn(C)c2C(=O)Nc2ccc(F)c(C#N)c2)S(=O)N1. The summed E-state index contributed by atoms with van der Waals surface area (Å²) in [5.74, 6) is -1.17. The fourth-order valence-electron chi connectivity index (χ4n) is 2.91. The first-order valence-electron chi connectivity index (χ1n) is 8.53. The predicted molar refractivity (Wildman–Crippen MR) is 104 cm³/mol. The Bertz CT molecular complexity index is 1060. The van der Waals surface area contributed by atoms with Crippen molar-refractivity contribution in [3.05, 3.63) is 54.1 Å². The Labute approximate surface area is 169 Å². The highest BCUT2D eigenvalue weighted by Gasteiger charge is 2.39. The Morgan fingerprint density at radius 2 is 2.34 bits per heavy atom. The van der Waals surface area contributed by atoms with Crippen LogP contribution in [0.1, 0.15) is 23.0 Å². The van der Waals surface area contributed by atoms with Crippen molar-refractivity contribution in [1.82, 2.24) is 9.29 Å². The quantitative estimate of drug-likeness (QED) is 0.652. The molecule has 0 saturated carbocycles. The van der Waals surface area contributed by atoms with Gasteiger partial charge in [0.25, 0.3) is 5.91 Å². The average molecular weight is 418 g/mol. The van der Waals surface area contributed by atoms with Crippen molar-refractivity contribution in [2.24, 2.45) is 7.05 Å². The molecule has 3 atom stereocenters. The van der Waals surface area contributed by atoms with Crippen LogP contribution in [0.3, 0.4) is 0 Å². The maximum Gasteiger partial charge on any atom is 0.276 e. The third-order valence-electron chi connectivity index (χ3n) is 4.58. The van der Waals surface area contributed by atoms with Crippen LogP contribution in [-0.2, 0) is 18.0 Å². The molecule has 1 aliphatic rings. The third kappa shape index (κ3) is 3.80. The fraction of sp³-hybridized carbons (Fsp3) is 0.263. The molecule has 0 fully saturated rings. The second-order valence-electron chi connectivity index (χ2n) is 6.80. The number of carbonyl (C=O) groups excluding carboxylic acids is 1. The van der Waals surface area contributed by atoms with E-state index in [0.717, 1.165) is 6.07 Å². The Morgan fingerprint density at radius 1 is 1.62 bits per heavy atom. The van der Waals surface area contributed by atoms with Gasteiger partial charge in [-0.15, -0.1) is 6.58 Å². The molecular weight excluding hydrogens is 399 g/mol. The summed E-state index contributed by atoms with van der Waals surface area (Å²) in [7, 11) is -0.170. The highest BCUT2D eigenvalue weighted by molar-refractivity contribution is 7.83. The summed E-state index contributed by atoms with van der Waals surface area (Å²) in [6.45, 7) is 5.10. The van der Waals surface area contributed by atoms with Crippen molar-refractivity contribution in [3.63, 3.8) is 0 Å². The van der Waals surface area contributed by atoms with Crippen LogP contribution in [0.25, 0.3) is 0 Å². The molecule has 3 N–H and O–H groups in total. The molecular formula is C19H19FN4O4S. The molecule has 0 bridgehead atoms. The number of hydrogen-bond acceptors (Lipinski definition) is 5. The number of rotatable bonds is 4. The summed E-state index contributed by atoms with van der Waals surface area (Å²) in [4.78, 5) is 13.1. The van der Waals surface area contributed by atoms with Gasteiger partial charge in [-0.3, -0.25) is 4.79 Å². The number of ether oxygens (including phenoxy) is 1. The van der Waals surface area contributed by atoms with Gasteiger partial charge in [-0.1, -0.05) is 6.08 Å². The number of nitrogens with one attached hydrogen (secondary N) is 2.